The number of anilines is 2. The fourth-order valence-corrected chi connectivity index (χ4v) is 3.69. The molecule has 0 aliphatic carbocycles. The van der Waals surface area contributed by atoms with Crippen LogP contribution in [-0.4, -0.2) is 30.0 Å². The third kappa shape index (κ3) is 4.35. The van der Waals surface area contributed by atoms with Crippen LogP contribution in [0, 0.1) is 0 Å². The van der Waals surface area contributed by atoms with Crippen LogP contribution in [0.4, 0.5) is 11.4 Å². The first-order valence-electron chi connectivity index (χ1n) is 10.1. The molecule has 1 aliphatic rings. The van der Waals surface area contributed by atoms with Crippen molar-refractivity contribution in [3.63, 3.8) is 0 Å². The molecule has 0 bridgehead atoms. The number of nitrogens with zero attached hydrogens (tertiary/aromatic N) is 2. The highest BCUT2D eigenvalue weighted by Gasteiger charge is 2.24. The Labute approximate surface area is 179 Å². The summed E-state index contributed by atoms with van der Waals surface area (Å²) in [6, 6.07) is 17.9. The summed E-state index contributed by atoms with van der Waals surface area (Å²) in [6.45, 7) is 1.03. The third-order valence-electron chi connectivity index (χ3n) is 5.26. The van der Waals surface area contributed by atoms with E-state index in [9.17, 15) is 14.4 Å². The zero-order valence-corrected chi connectivity index (χ0v) is 17.2. The number of methoxy groups -OCH3 is 1. The fraction of sp³-hybridized carbons (Fsp3) is 0.208. The number of carbonyl (C=O) groups excluding carboxylic acids is 2. The number of rotatable bonds is 6. The molecule has 1 N–H and O–H groups in total. The second-order valence-electron chi connectivity index (χ2n) is 7.33. The quantitative estimate of drug-likeness (QED) is 0.667. The number of benzene rings is 2. The zero-order valence-electron chi connectivity index (χ0n) is 17.2. The van der Waals surface area contributed by atoms with Crippen LogP contribution in [0.15, 0.2) is 71.7 Å². The van der Waals surface area contributed by atoms with E-state index in [0.717, 1.165) is 12.0 Å². The lowest BCUT2D eigenvalue weighted by atomic mass is 10.2. The van der Waals surface area contributed by atoms with E-state index in [0.29, 0.717) is 36.6 Å². The topological polar surface area (TPSA) is 80.6 Å². The Morgan fingerprint density at radius 2 is 1.87 bits per heavy atom. The summed E-state index contributed by atoms with van der Waals surface area (Å²) in [5.41, 5.74) is 1.81. The third-order valence-corrected chi connectivity index (χ3v) is 5.26. The molecule has 1 saturated heterocycles. The molecule has 7 heteroatoms. The number of aromatic nitrogens is 1. The van der Waals surface area contributed by atoms with E-state index < -0.39 is 5.91 Å². The van der Waals surface area contributed by atoms with Crippen molar-refractivity contribution in [1.82, 2.24) is 4.57 Å². The molecule has 2 aromatic carbocycles. The molecule has 0 saturated carbocycles. The van der Waals surface area contributed by atoms with Crippen molar-refractivity contribution < 1.29 is 14.3 Å². The summed E-state index contributed by atoms with van der Waals surface area (Å²) in [7, 11) is 1.52. The Hall–Kier alpha value is -3.87. The lowest BCUT2D eigenvalue weighted by molar-refractivity contribution is -0.117. The predicted molar refractivity (Wildman–Crippen MR) is 119 cm³/mol. The van der Waals surface area contributed by atoms with E-state index in [4.69, 9.17) is 4.74 Å². The largest absolute Gasteiger partial charge is 0.494 e. The monoisotopic (exact) mass is 417 g/mol. The van der Waals surface area contributed by atoms with E-state index in [1.54, 1.807) is 35.4 Å². The lowest BCUT2D eigenvalue weighted by Crippen LogP contribution is -2.29. The molecular formula is C24H23N3O4. The first-order chi connectivity index (χ1) is 15.1. The average Bonchev–Trinajstić information content (AvgIpc) is 3.21. The van der Waals surface area contributed by atoms with Gasteiger partial charge in [0.15, 0.2) is 0 Å². The summed E-state index contributed by atoms with van der Waals surface area (Å²) in [4.78, 5) is 39.4. The van der Waals surface area contributed by atoms with Crippen molar-refractivity contribution in [3.8, 4) is 5.75 Å². The fourth-order valence-electron chi connectivity index (χ4n) is 3.69. The van der Waals surface area contributed by atoms with Crippen LogP contribution in [0.25, 0.3) is 0 Å². The van der Waals surface area contributed by atoms with Crippen LogP contribution in [0.5, 0.6) is 5.75 Å². The van der Waals surface area contributed by atoms with Gasteiger partial charge in [-0.25, -0.2) is 0 Å². The molecular weight excluding hydrogens is 394 g/mol. The van der Waals surface area contributed by atoms with Crippen LogP contribution in [0.3, 0.4) is 0 Å². The number of hydrogen-bond donors (Lipinski definition) is 1. The minimum absolute atomic E-state index is 0.0520. The standard InChI is InChI=1S/C24H23N3O4/c1-31-21-15-18(11-12-20(21)27-14-6-10-22(27)28)25-23(29)19-9-5-13-26(24(19)30)16-17-7-3-2-4-8-17/h2-5,7-9,11-13,15H,6,10,14,16H2,1H3,(H,25,29). The highest BCUT2D eigenvalue weighted by atomic mass is 16.5. The van der Waals surface area contributed by atoms with Crippen LogP contribution >= 0.6 is 0 Å². The number of amides is 2. The number of pyridine rings is 1. The normalized spacial score (nSPS) is 13.3. The summed E-state index contributed by atoms with van der Waals surface area (Å²) < 4.78 is 6.94. The Kier molecular flexibility index (Phi) is 5.84. The van der Waals surface area contributed by atoms with Crippen LogP contribution < -0.4 is 20.5 Å². The molecule has 2 heterocycles. The SMILES string of the molecule is COc1cc(NC(=O)c2cccn(Cc3ccccc3)c2=O)ccc1N1CCCC1=O. The number of carbonyl (C=O) groups is 2. The van der Waals surface area contributed by atoms with Crippen molar-refractivity contribution in [3.05, 3.63) is 88.3 Å². The second-order valence-corrected chi connectivity index (χ2v) is 7.33. The molecule has 2 amide bonds. The van der Waals surface area contributed by atoms with Gasteiger partial charge in [-0.1, -0.05) is 30.3 Å². The van der Waals surface area contributed by atoms with Crippen molar-refractivity contribution in [2.45, 2.75) is 19.4 Å². The maximum atomic E-state index is 12.8. The van der Waals surface area contributed by atoms with Gasteiger partial charge in [0.2, 0.25) is 5.91 Å². The van der Waals surface area contributed by atoms with Gasteiger partial charge < -0.3 is 19.5 Å². The Bertz CT molecular complexity index is 1170. The molecule has 1 aliphatic heterocycles. The van der Waals surface area contributed by atoms with Gasteiger partial charge in [-0.3, -0.25) is 14.4 Å². The Balaban J connectivity index is 1.55. The molecule has 0 unspecified atom stereocenters. The van der Waals surface area contributed by atoms with Crippen molar-refractivity contribution in [2.75, 3.05) is 23.9 Å². The van der Waals surface area contributed by atoms with Crippen LogP contribution in [0.2, 0.25) is 0 Å². The smallest absolute Gasteiger partial charge is 0.263 e. The van der Waals surface area contributed by atoms with Gasteiger partial charge in [-0.05, 0) is 36.2 Å². The van der Waals surface area contributed by atoms with Crippen LogP contribution in [0.1, 0.15) is 28.8 Å². The van der Waals surface area contributed by atoms with Gasteiger partial charge in [-0.15, -0.1) is 0 Å². The highest BCUT2D eigenvalue weighted by Crippen LogP contribution is 2.33. The lowest BCUT2D eigenvalue weighted by Gasteiger charge is -2.19. The number of hydrogen-bond acceptors (Lipinski definition) is 4. The zero-order chi connectivity index (χ0) is 21.8. The Morgan fingerprint density at radius 3 is 2.58 bits per heavy atom. The minimum Gasteiger partial charge on any atom is -0.494 e. The molecule has 0 radical (unpaired) electrons. The van der Waals surface area contributed by atoms with E-state index in [-0.39, 0.29) is 17.0 Å². The average molecular weight is 417 g/mol. The van der Waals surface area contributed by atoms with Gasteiger partial charge in [0.1, 0.15) is 11.3 Å². The second kappa shape index (κ2) is 8.87. The van der Waals surface area contributed by atoms with Gasteiger partial charge in [-0.2, -0.15) is 0 Å². The van der Waals surface area contributed by atoms with E-state index in [1.165, 1.54) is 17.7 Å². The van der Waals surface area contributed by atoms with Gasteiger partial charge in [0, 0.05) is 30.9 Å². The number of ether oxygens (including phenoxy) is 1. The molecule has 3 aromatic rings. The molecule has 1 aromatic heterocycles. The molecule has 0 atom stereocenters. The van der Waals surface area contributed by atoms with Gasteiger partial charge in [0.05, 0.1) is 19.3 Å². The summed E-state index contributed by atoms with van der Waals surface area (Å²) in [6.07, 6.45) is 2.99. The maximum Gasteiger partial charge on any atom is 0.263 e. The summed E-state index contributed by atoms with van der Waals surface area (Å²) in [5, 5.41) is 2.76. The minimum atomic E-state index is -0.500. The predicted octanol–water partition coefficient (Wildman–Crippen LogP) is 3.28. The molecule has 158 valence electrons. The highest BCUT2D eigenvalue weighted by molar-refractivity contribution is 6.04. The summed E-state index contributed by atoms with van der Waals surface area (Å²) >= 11 is 0. The molecule has 31 heavy (non-hydrogen) atoms. The van der Waals surface area contributed by atoms with Gasteiger partial charge in [0.25, 0.3) is 11.5 Å². The first-order valence-corrected chi connectivity index (χ1v) is 10.1. The maximum absolute atomic E-state index is 12.8. The van der Waals surface area contributed by atoms with Crippen molar-refractivity contribution >= 4 is 23.2 Å². The number of nitrogens with one attached hydrogen (secondary N) is 1. The first kappa shape index (κ1) is 20.4. The van der Waals surface area contributed by atoms with Crippen molar-refractivity contribution in [2.24, 2.45) is 0 Å². The van der Waals surface area contributed by atoms with Crippen molar-refractivity contribution in [1.29, 1.82) is 0 Å². The molecule has 0 spiro atoms. The molecule has 1 fully saturated rings. The summed E-state index contributed by atoms with van der Waals surface area (Å²) in [5.74, 6) is 0.0420. The van der Waals surface area contributed by atoms with E-state index in [2.05, 4.69) is 5.32 Å². The van der Waals surface area contributed by atoms with E-state index in [1.807, 2.05) is 30.3 Å². The molecule has 4 rings (SSSR count). The molecule has 7 nitrogen and oxygen atoms in total. The van der Waals surface area contributed by atoms with Gasteiger partial charge >= 0.3 is 0 Å². The van der Waals surface area contributed by atoms with Crippen LogP contribution in [-0.2, 0) is 11.3 Å². The Morgan fingerprint density at radius 1 is 1.06 bits per heavy atom. The van der Waals surface area contributed by atoms with E-state index >= 15 is 0 Å².